The predicted molar refractivity (Wildman–Crippen MR) is 61.9 cm³/mol. The fraction of sp³-hybridized carbons (Fsp3) is 0.417. The average Bonchev–Trinajstić information content (AvgIpc) is 2.66. The van der Waals surface area contributed by atoms with Gasteiger partial charge >= 0.3 is 0 Å². The lowest BCUT2D eigenvalue weighted by molar-refractivity contribution is 0.428. The summed E-state index contributed by atoms with van der Waals surface area (Å²) in [5.41, 5.74) is 1.21. The fourth-order valence-electron chi connectivity index (χ4n) is 1.53. The summed E-state index contributed by atoms with van der Waals surface area (Å²) in [5.74, 6) is 1.32. The summed E-state index contributed by atoms with van der Waals surface area (Å²) >= 11 is 0. The number of nitrogens with zero attached hydrogens (tertiary/aromatic N) is 4. The number of tetrazole rings is 1. The van der Waals surface area contributed by atoms with E-state index in [0.717, 1.165) is 18.8 Å². The minimum Gasteiger partial charge on any atom is -0.164 e. The van der Waals surface area contributed by atoms with E-state index in [1.165, 1.54) is 5.56 Å². The molecule has 0 saturated carbocycles. The van der Waals surface area contributed by atoms with Crippen molar-refractivity contribution < 1.29 is 0 Å². The van der Waals surface area contributed by atoms with E-state index in [1.54, 1.807) is 4.80 Å². The molecule has 4 nitrogen and oxygen atoms in total. The maximum Gasteiger partial charge on any atom is 0.179 e. The van der Waals surface area contributed by atoms with Crippen LogP contribution in [0.25, 0.3) is 0 Å². The third-order valence-corrected chi connectivity index (χ3v) is 2.23. The van der Waals surface area contributed by atoms with Crippen molar-refractivity contribution in [3.05, 3.63) is 41.7 Å². The quantitative estimate of drug-likeness (QED) is 0.784. The molecule has 0 bridgehead atoms. The molecule has 0 aliphatic heterocycles. The van der Waals surface area contributed by atoms with Crippen LogP contribution in [0.15, 0.2) is 30.3 Å². The summed E-state index contributed by atoms with van der Waals surface area (Å²) in [4.78, 5) is 1.67. The Morgan fingerprint density at radius 3 is 2.62 bits per heavy atom. The molecule has 1 aromatic carbocycles. The molecule has 0 unspecified atom stereocenters. The van der Waals surface area contributed by atoms with Gasteiger partial charge in [0.15, 0.2) is 5.82 Å². The van der Waals surface area contributed by atoms with Crippen molar-refractivity contribution >= 4 is 0 Å². The SMILES string of the molecule is CC(C)Cn1nnc(Cc2ccccc2)n1. The first-order chi connectivity index (χ1) is 7.74. The number of hydrogen-bond acceptors (Lipinski definition) is 3. The van der Waals surface area contributed by atoms with Crippen LogP contribution in [0.2, 0.25) is 0 Å². The van der Waals surface area contributed by atoms with Crippen molar-refractivity contribution in [2.24, 2.45) is 5.92 Å². The lowest BCUT2D eigenvalue weighted by atomic mass is 10.1. The largest absolute Gasteiger partial charge is 0.179 e. The fourth-order valence-corrected chi connectivity index (χ4v) is 1.53. The van der Waals surface area contributed by atoms with E-state index < -0.39 is 0 Å². The molecular formula is C12H16N4. The van der Waals surface area contributed by atoms with Crippen LogP contribution in [0.5, 0.6) is 0 Å². The van der Waals surface area contributed by atoms with Gasteiger partial charge in [-0.15, -0.1) is 10.2 Å². The van der Waals surface area contributed by atoms with Gasteiger partial charge in [-0.05, 0) is 16.7 Å². The third-order valence-electron chi connectivity index (χ3n) is 2.23. The van der Waals surface area contributed by atoms with Gasteiger partial charge in [0, 0.05) is 6.42 Å². The maximum absolute atomic E-state index is 4.34. The Morgan fingerprint density at radius 2 is 1.94 bits per heavy atom. The maximum atomic E-state index is 4.34. The molecule has 16 heavy (non-hydrogen) atoms. The molecule has 0 N–H and O–H groups in total. The Morgan fingerprint density at radius 1 is 1.19 bits per heavy atom. The molecule has 4 heteroatoms. The summed E-state index contributed by atoms with van der Waals surface area (Å²) in [7, 11) is 0. The van der Waals surface area contributed by atoms with Crippen LogP contribution in [-0.4, -0.2) is 20.2 Å². The van der Waals surface area contributed by atoms with E-state index in [0.29, 0.717) is 5.92 Å². The number of benzene rings is 1. The number of aromatic nitrogens is 4. The van der Waals surface area contributed by atoms with Gasteiger partial charge in [0.2, 0.25) is 0 Å². The van der Waals surface area contributed by atoms with Gasteiger partial charge in [-0.2, -0.15) is 4.80 Å². The van der Waals surface area contributed by atoms with E-state index in [9.17, 15) is 0 Å². The van der Waals surface area contributed by atoms with Crippen LogP contribution in [-0.2, 0) is 13.0 Å². The summed E-state index contributed by atoms with van der Waals surface area (Å²) in [6, 6.07) is 10.2. The molecule has 0 aliphatic rings. The second-order valence-electron chi connectivity index (χ2n) is 4.32. The molecule has 0 radical (unpaired) electrons. The van der Waals surface area contributed by atoms with Crippen LogP contribution in [0.3, 0.4) is 0 Å². The first kappa shape index (κ1) is 10.8. The van der Waals surface area contributed by atoms with Crippen LogP contribution < -0.4 is 0 Å². The van der Waals surface area contributed by atoms with Crippen molar-refractivity contribution in [1.82, 2.24) is 20.2 Å². The minimum atomic E-state index is 0.541. The molecule has 1 heterocycles. The van der Waals surface area contributed by atoms with Crippen molar-refractivity contribution in [3.8, 4) is 0 Å². The molecule has 0 aliphatic carbocycles. The number of hydrogen-bond donors (Lipinski definition) is 0. The highest BCUT2D eigenvalue weighted by atomic mass is 15.6. The zero-order valence-corrected chi connectivity index (χ0v) is 9.67. The van der Waals surface area contributed by atoms with Crippen molar-refractivity contribution in [1.29, 1.82) is 0 Å². The summed E-state index contributed by atoms with van der Waals surface area (Å²) in [6.07, 6.45) is 0.749. The van der Waals surface area contributed by atoms with E-state index in [1.807, 2.05) is 18.2 Å². The molecule has 2 rings (SSSR count). The van der Waals surface area contributed by atoms with Gasteiger partial charge in [-0.1, -0.05) is 44.2 Å². The highest BCUT2D eigenvalue weighted by molar-refractivity contribution is 5.17. The van der Waals surface area contributed by atoms with Gasteiger partial charge in [-0.3, -0.25) is 0 Å². The third kappa shape index (κ3) is 2.89. The Kier molecular flexibility index (Phi) is 3.29. The summed E-state index contributed by atoms with van der Waals surface area (Å²) < 4.78 is 0. The molecule has 0 amide bonds. The first-order valence-electron chi connectivity index (χ1n) is 5.54. The van der Waals surface area contributed by atoms with E-state index >= 15 is 0 Å². The van der Waals surface area contributed by atoms with Crippen LogP contribution in [0.1, 0.15) is 25.2 Å². The standard InChI is InChI=1S/C12H16N4/c1-10(2)9-16-14-12(13-15-16)8-11-6-4-3-5-7-11/h3-7,10H,8-9H2,1-2H3. The van der Waals surface area contributed by atoms with Crippen LogP contribution in [0, 0.1) is 5.92 Å². The smallest absolute Gasteiger partial charge is 0.164 e. The minimum absolute atomic E-state index is 0.541. The molecule has 1 aromatic heterocycles. The first-order valence-corrected chi connectivity index (χ1v) is 5.54. The molecule has 0 spiro atoms. The zero-order chi connectivity index (χ0) is 11.4. The molecule has 0 saturated heterocycles. The second kappa shape index (κ2) is 4.88. The monoisotopic (exact) mass is 216 g/mol. The Labute approximate surface area is 95.3 Å². The lowest BCUT2D eigenvalue weighted by Crippen LogP contribution is -2.08. The summed E-state index contributed by atoms with van der Waals surface area (Å²) in [6.45, 7) is 5.10. The normalized spacial score (nSPS) is 10.9. The molecule has 84 valence electrons. The molecule has 0 fully saturated rings. The van der Waals surface area contributed by atoms with E-state index in [2.05, 4.69) is 41.4 Å². The topological polar surface area (TPSA) is 43.6 Å². The Hall–Kier alpha value is -1.71. The van der Waals surface area contributed by atoms with Gasteiger partial charge < -0.3 is 0 Å². The highest BCUT2D eigenvalue weighted by Gasteiger charge is 2.04. The van der Waals surface area contributed by atoms with E-state index in [4.69, 9.17) is 0 Å². The average molecular weight is 216 g/mol. The van der Waals surface area contributed by atoms with Gasteiger partial charge in [-0.25, -0.2) is 0 Å². The van der Waals surface area contributed by atoms with Crippen LogP contribution in [0.4, 0.5) is 0 Å². The van der Waals surface area contributed by atoms with Gasteiger partial charge in [0.25, 0.3) is 0 Å². The number of rotatable bonds is 4. The molecule has 2 aromatic rings. The van der Waals surface area contributed by atoms with Gasteiger partial charge in [0.1, 0.15) is 0 Å². The molecule has 0 atom stereocenters. The second-order valence-corrected chi connectivity index (χ2v) is 4.32. The molecular weight excluding hydrogens is 200 g/mol. The van der Waals surface area contributed by atoms with E-state index in [-0.39, 0.29) is 0 Å². The van der Waals surface area contributed by atoms with Gasteiger partial charge in [0.05, 0.1) is 6.54 Å². The Balaban J connectivity index is 2.03. The van der Waals surface area contributed by atoms with Crippen molar-refractivity contribution in [2.45, 2.75) is 26.8 Å². The zero-order valence-electron chi connectivity index (χ0n) is 9.67. The summed E-state index contributed by atoms with van der Waals surface area (Å²) in [5, 5.41) is 12.4. The van der Waals surface area contributed by atoms with Crippen molar-refractivity contribution in [2.75, 3.05) is 0 Å². The Bertz CT molecular complexity index is 433. The van der Waals surface area contributed by atoms with Crippen molar-refractivity contribution in [3.63, 3.8) is 0 Å². The van der Waals surface area contributed by atoms with Crippen LogP contribution >= 0.6 is 0 Å². The highest BCUT2D eigenvalue weighted by Crippen LogP contribution is 2.04. The lowest BCUT2D eigenvalue weighted by Gasteiger charge is -2.00. The predicted octanol–water partition coefficient (Wildman–Crippen LogP) is 1.92.